The van der Waals surface area contributed by atoms with Gasteiger partial charge in [0.1, 0.15) is 10.6 Å². The lowest BCUT2D eigenvalue weighted by atomic mass is 10.1. The van der Waals surface area contributed by atoms with Gasteiger partial charge in [-0.25, -0.2) is 17.9 Å². The molecule has 2 aromatic rings. The van der Waals surface area contributed by atoms with Gasteiger partial charge < -0.3 is 14.4 Å². The van der Waals surface area contributed by atoms with Crippen molar-refractivity contribution in [2.45, 2.75) is 49.6 Å². The third-order valence-corrected chi connectivity index (χ3v) is 7.49. The average molecular weight is 475 g/mol. The lowest BCUT2D eigenvalue weighted by molar-refractivity contribution is -0.135. The fourth-order valence-corrected chi connectivity index (χ4v) is 5.32. The Labute approximate surface area is 194 Å². The number of carbonyl (C=O) groups excluding carboxylic acids is 2. The van der Waals surface area contributed by atoms with Gasteiger partial charge in [0.2, 0.25) is 10.0 Å². The smallest absolute Gasteiger partial charge is 0.338 e. The van der Waals surface area contributed by atoms with Gasteiger partial charge in [-0.05, 0) is 43.5 Å². The molecule has 0 bridgehead atoms. The lowest BCUT2D eigenvalue weighted by Crippen LogP contribution is -2.33. The molecule has 9 heteroatoms. The van der Waals surface area contributed by atoms with Crippen molar-refractivity contribution in [3.8, 4) is 5.75 Å². The molecule has 0 heterocycles. The van der Waals surface area contributed by atoms with Gasteiger partial charge in [-0.3, -0.25) is 4.79 Å². The van der Waals surface area contributed by atoms with Crippen LogP contribution in [-0.2, 0) is 19.6 Å². The number of carbonyl (C=O) groups is 2. The van der Waals surface area contributed by atoms with Crippen LogP contribution in [-0.4, -0.2) is 52.0 Å². The molecule has 1 atom stereocenters. The molecule has 1 amide bonds. The number of ether oxygens (including phenoxy) is 2. The molecule has 178 valence electrons. The summed E-state index contributed by atoms with van der Waals surface area (Å²) in [5.74, 6) is -1.03. The zero-order valence-electron chi connectivity index (χ0n) is 19.1. The standard InChI is InChI=1S/C24H30N2O6S/c1-17(18-9-5-4-6-10-18)26(2)23(27)16-32-24(28)19-13-14-21(31-3)22(15-19)33(29,30)25-20-11-7-8-12-20/h4-6,9-10,13-15,17,20,25H,7-8,11-12,16H2,1-3H3. The van der Waals surface area contributed by atoms with Crippen molar-refractivity contribution in [1.29, 1.82) is 0 Å². The quantitative estimate of drug-likeness (QED) is 0.560. The maximum Gasteiger partial charge on any atom is 0.338 e. The number of nitrogens with zero attached hydrogens (tertiary/aromatic N) is 1. The number of esters is 1. The Morgan fingerprint density at radius 2 is 1.79 bits per heavy atom. The SMILES string of the molecule is COc1ccc(C(=O)OCC(=O)N(C)C(C)c2ccccc2)cc1S(=O)(=O)NC1CCCC1. The predicted octanol–water partition coefficient (Wildman–Crippen LogP) is 3.29. The zero-order chi connectivity index (χ0) is 24.0. The first-order valence-electron chi connectivity index (χ1n) is 10.9. The fourth-order valence-electron chi connectivity index (χ4n) is 3.82. The highest BCUT2D eigenvalue weighted by atomic mass is 32.2. The van der Waals surface area contributed by atoms with E-state index in [0.717, 1.165) is 31.2 Å². The van der Waals surface area contributed by atoms with Crippen LogP contribution in [0.15, 0.2) is 53.4 Å². The van der Waals surface area contributed by atoms with E-state index in [9.17, 15) is 18.0 Å². The van der Waals surface area contributed by atoms with Crippen LogP contribution in [0.5, 0.6) is 5.75 Å². The Hall–Kier alpha value is -2.91. The van der Waals surface area contributed by atoms with Crippen molar-refractivity contribution in [3.05, 3.63) is 59.7 Å². The van der Waals surface area contributed by atoms with Crippen molar-refractivity contribution in [3.63, 3.8) is 0 Å². The van der Waals surface area contributed by atoms with Gasteiger partial charge in [-0.2, -0.15) is 0 Å². The largest absolute Gasteiger partial charge is 0.495 e. The minimum atomic E-state index is -3.89. The van der Waals surface area contributed by atoms with Crippen LogP contribution in [0.2, 0.25) is 0 Å². The van der Waals surface area contributed by atoms with Gasteiger partial charge in [0, 0.05) is 13.1 Å². The zero-order valence-corrected chi connectivity index (χ0v) is 19.9. The first-order chi connectivity index (χ1) is 15.7. The Kier molecular flexibility index (Phi) is 8.10. The number of benzene rings is 2. The van der Waals surface area contributed by atoms with E-state index >= 15 is 0 Å². The number of amides is 1. The van der Waals surface area contributed by atoms with Crippen molar-refractivity contribution in [2.75, 3.05) is 20.8 Å². The molecular weight excluding hydrogens is 444 g/mol. The van der Waals surface area contributed by atoms with Crippen molar-refractivity contribution < 1.29 is 27.5 Å². The fraction of sp³-hybridized carbons (Fsp3) is 0.417. The van der Waals surface area contributed by atoms with E-state index in [1.54, 1.807) is 7.05 Å². The highest BCUT2D eigenvalue weighted by Gasteiger charge is 2.27. The number of nitrogens with one attached hydrogen (secondary N) is 1. The van der Waals surface area contributed by atoms with E-state index in [2.05, 4.69) is 4.72 Å². The minimum Gasteiger partial charge on any atom is -0.495 e. The summed E-state index contributed by atoms with van der Waals surface area (Å²) in [4.78, 5) is 26.5. The molecule has 8 nitrogen and oxygen atoms in total. The molecule has 3 rings (SSSR count). The van der Waals surface area contributed by atoms with Crippen LogP contribution in [0.4, 0.5) is 0 Å². The molecule has 0 saturated heterocycles. The van der Waals surface area contributed by atoms with E-state index in [0.29, 0.717) is 0 Å². The van der Waals surface area contributed by atoms with Crippen molar-refractivity contribution in [1.82, 2.24) is 9.62 Å². The summed E-state index contributed by atoms with van der Waals surface area (Å²) >= 11 is 0. The maximum absolute atomic E-state index is 12.9. The summed E-state index contributed by atoms with van der Waals surface area (Å²) in [5.41, 5.74) is 0.980. The molecule has 1 saturated carbocycles. The van der Waals surface area contributed by atoms with Crippen LogP contribution in [0, 0.1) is 0 Å². The van der Waals surface area contributed by atoms with Crippen LogP contribution >= 0.6 is 0 Å². The maximum atomic E-state index is 12.9. The van der Waals surface area contributed by atoms with Crippen LogP contribution in [0.1, 0.15) is 54.6 Å². The molecule has 0 spiro atoms. The number of hydrogen-bond donors (Lipinski definition) is 1. The minimum absolute atomic E-state index is 0.0224. The Morgan fingerprint density at radius 1 is 1.12 bits per heavy atom. The van der Waals surface area contributed by atoms with Crippen LogP contribution < -0.4 is 9.46 Å². The number of sulfonamides is 1. The molecule has 33 heavy (non-hydrogen) atoms. The van der Waals surface area contributed by atoms with E-state index in [4.69, 9.17) is 9.47 Å². The van der Waals surface area contributed by atoms with Gasteiger partial charge in [0.05, 0.1) is 18.7 Å². The first-order valence-corrected chi connectivity index (χ1v) is 12.4. The molecule has 1 fully saturated rings. The second kappa shape index (κ2) is 10.8. The van der Waals surface area contributed by atoms with Gasteiger partial charge in [0.15, 0.2) is 6.61 Å². The van der Waals surface area contributed by atoms with Crippen molar-refractivity contribution >= 4 is 21.9 Å². The third kappa shape index (κ3) is 6.11. The molecule has 2 aromatic carbocycles. The highest BCUT2D eigenvalue weighted by Crippen LogP contribution is 2.27. The molecule has 0 radical (unpaired) electrons. The summed E-state index contributed by atoms with van der Waals surface area (Å²) in [6.07, 6.45) is 3.50. The number of likely N-dealkylation sites (N-methyl/N-ethyl adjacent to an activating group) is 1. The second-order valence-electron chi connectivity index (χ2n) is 8.14. The van der Waals surface area contributed by atoms with Gasteiger partial charge in [-0.1, -0.05) is 43.2 Å². The number of hydrogen-bond acceptors (Lipinski definition) is 6. The number of methoxy groups -OCH3 is 1. The van der Waals surface area contributed by atoms with Crippen LogP contribution in [0.3, 0.4) is 0 Å². The third-order valence-electron chi connectivity index (χ3n) is 5.95. The molecule has 1 aliphatic rings. The molecule has 0 aromatic heterocycles. The van der Waals surface area contributed by atoms with E-state index in [1.807, 2.05) is 37.3 Å². The summed E-state index contributed by atoms with van der Waals surface area (Å²) < 4.78 is 38.9. The van der Waals surface area contributed by atoms with Crippen molar-refractivity contribution in [2.24, 2.45) is 0 Å². The first kappa shape index (κ1) is 24.7. The van der Waals surface area contributed by atoms with E-state index in [-0.39, 0.29) is 34.2 Å². The van der Waals surface area contributed by atoms with Gasteiger partial charge >= 0.3 is 5.97 Å². The predicted molar refractivity (Wildman–Crippen MR) is 123 cm³/mol. The summed E-state index contributed by atoms with van der Waals surface area (Å²) in [7, 11) is -0.882. The Balaban J connectivity index is 1.68. The summed E-state index contributed by atoms with van der Waals surface area (Å²) in [6.45, 7) is 1.42. The molecule has 0 aliphatic heterocycles. The Morgan fingerprint density at radius 3 is 2.42 bits per heavy atom. The van der Waals surface area contributed by atoms with E-state index < -0.39 is 22.6 Å². The molecule has 1 aliphatic carbocycles. The van der Waals surface area contributed by atoms with Gasteiger partial charge in [-0.15, -0.1) is 0 Å². The van der Waals surface area contributed by atoms with E-state index in [1.165, 1.54) is 30.2 Å². The average Bonchev–Trinajstić information content (AvgIpc) is 3.33. The molecule has 1 N–H and O–H groups in total. The summed E-state index contributed by atoms with van der Waals surface area (Å²) in [5, 5.41) is 0. The topological polar surface area (TPSA) is 102 Å². The van der Waals surface area contributed by atoms with Gasteiger partial charge in [0.25, 0.3) is 5.91 Å². The summed E-state index contributed by atoms with van der Waals surface area (Å²) in [6, 6.07) is 13.2. The lowest BCUT2D eigenvalue weighted by Gasteiger charge is -2.25. The monoisotopic (exact) mass is 474 g/mol. The molecular formula is C24H30N2O6S. The second-order valence-corrected chi connectivity index (χ2v) is 9.82. The Bertz CT molecular complexity index is 1080. The number of rotatable bonds is 9. The highest BCUT2D eigenvalue weighted by molar-refractivity contribution is 7.89. The normalized spacial score (nSPS) is 15.1. The van der Waals surface area contributed by atoms with Crippen LogP contribution in [0.25, 0.3) is 0 Å². The molecule has 1 unspecified atom stereocenters.